The number of aliphatic hydroxyl groups is 1. The second-order valence-corrected chi connectivity index (χ2v) is 5.94. The average Bonchev–Trinajstić information content (AvgIpc) is 3.12. The number of carboxylic acid groups (broad SMARTS) is 1. The van der Waals surface area contributed by atoms with Gasteiger partial charge in [0.15, 0.2) is 0 Å². The lowest BCUT2D eigenvalue weighted by molar-refractivity contribution is -0.139. The third-order valence-corrected chi connectivity index (χ3v) is 3.99. The van der Waals surface area contributed by atoms with Crippen LogP contribution in [0.2, 0.25) is 0 Å². The van der Waals surface area contributed by atoms with Crippen LogP contribution in [0.15, 0.2) is 0 Å². The van der Waals surface area contributed by atoms with Crippen molar-refractivity contribution in [3.05, 3.63) is 0 Å². The van der Waals surface area contributed by atoms with Crippen molar-refractivity contribution in [1.29, 1.82) is 0 Å². The van der Waals surface area contributed by atoms with Crippen molar-refractivity contribution in [2.45, 2.75) is 50.7 Å². The van der Waals surface area contributed by atoms with Gasteiger partial charge in [-0.25, -0.2) is 9.59 Å². The first-order chi connectivity index (χ1) is 8.89. The van der Waals surface area contributed by atoms with Crippen LogP contribution in [0.1, 0.15) is 39.0 Å². The molecule has 2 atom stereocenters. The number of urea groups is 1. The Balaban J connectivity index is 1.90. The first-order valence-electron chi connectivity index (χ1n) is 6.90. The van der Waals surface area contributed by atoms with Gasteiger partial charge >= 0.3 is 12.0 Å². The number of hydrogen-bond acceptors (Lipinski definition) is 3. The van der Waals surface area contributed by atoms with E-state index in [1.807, 2.05) is 0 Å². The zero-order valence-electron chi connectivity index (χ0n) is 11.3. The summed E-state index contributed by atoms with van der Waals surface area (Å²) < 4.78 is 0. The Hall–Kier alpha value is -1.30. The molecule has 1 aliphatic heterocycles. The maximum absolute atomic E-state index is 12.1. The van der Waals surface area contributed by atoms with Crippen LogP contribution < -0.4 is 5.32 Å². The van der Waals surface area contributed by atoms with Gasteiger partial charge in [-0.05, 0) is 44.9 Å². The fourth-order valence-corrected chi connectivity index (χ4v) is 2.50. The van der Waals surface area contributed by atoms with Gasteiger partial charge in [0.25, 0.3) is 0 Å². The van der Waals surface area contributed by atoms with Crippen LogP contribution in [0.4, 0.5) is 4.79 Å². The molecule has 2 aliphatic rings. The third-order valence-electron chi connectivity index (χ3n) is 3.99. The number of nitrogens with zero attached hydrogens (tertiary/aromatic N) is 1. The molecule has 2 unspecified atom stereocenters. The van der Waals surface area contributed by atoms with Gasteiger partial charge in [-0.1, -0.05) is 0 Å². The topological polar surface area (TPSA) is 89.9 Å². The van der Waals surface area contributed by atoms with Gasteiger partial charge in [-0.2, -0.15) is 0 Å². The number of rotatable bonds is 3. The Morgan fingerprint density at radius 3 is 2.58 bits per heavy atom. The Morgan fingerprint density at radius 1 is 1.32 bits per heavy atom. The molecule has 1 saturated heterocycles. The van der Waals surface area contributed by atoms with Gasteiger partial charge in [0.05, 0.1) is 5.60 Å². The summed E-state index contributed by atoms with van der Waals surface area (Å²) in [6.07, 6.45) is 3.67. The summed E-state index contributed by atoms with van der Waals surface area (Å²) in [4.78, 5) is 24.8. The van der Waals surface area contributed by atoms with Crippen molar-refractivity contribution in [3.8, 4) is 0 Å². The van der Waals surface area contributed by atoms with Crippen LogP contribution in [-0.4, -0.2) is 51.8 Å². The summed E-state index contributed by atoms with van der Waals surface area (Å²) in [6, 6.07) is -1.09. The van der Waals surface area contributed by atoms with Crippen LogP contribution in [-0.2, 0) is 4.79 Å². The zero-order chi connectivity index (χ0) is 14.0. The molecule has 0 bridgehead atoms. The van der Waals surface area contributed by atoms with E-state index in [0.717, 1.165) is 19.3 Å². The molecule has 2 fully saturated rings. The summed E-state index contributed by atoms with van der Waals surface area (Å²) in [5.41, 5.74) is -0.724. The monoisotopic (exact) mass is 270 g/mol. The molecular formula is C13H22N2O4. The van der Waals surface area contributed by atoms with Crippen LogP contribution in [0, 0.1) is 5.92 Å². The molecule has 0 aromatic rings. The number of aliphatic carboxylic acids is 1. The first kappa shape index (κ1) is 14.1. The van der Waals surface area contributed by atoms with Crippen LogP contribution >= 0.6 is 0 Å². The number of carboxylic acids is 1. The van der Waals surface area contributed by atoms with Crippen molar-refractivity contribution in [2.24, 2.45) is 5.92 Å². The van der Waals surface area contributed by atoms with Crippen molar-refractivity contribution in [3.63, 3.8) is 0 Å². The molecule has 1 heterocycles. The predicted molar refractivity (Wildman–Crippen MR) is 68.7 cm³/mol. The van der Waals surface area contributed by atoms with Crippen molar-refractivity contribution >= 4 is 12.0 Å². The number of hydrogen-bond donors (Lipinski definition) is 3. The number of nitrogens with one attached hydrogen (secondary N) is 1. The van der Waals surface area contributed by atoms with E-state index in [1.54, 1.807) is 11.8 Å². The molecular weight excluding hydrogens is 248 g/mol. The van der Waals surface area contributed by atoms with Crippen molar-refractivity contribution in [2.75, 3.05) is 13.1 Å². The Bertz CT molecular complexity index is 366. The van der Waals surface area contributed by atoms with E-state index in [-0.39, 0.29) is 11.9 Å². The molecule has 6 heteroatoms. The molecule has 1 aliphatic carbocycles. The standard InChI is InChI=1S/C13H22N2O4/c1-13(19)5-2-7-15(8-6-13)12(18)14-10(11(16)17)9-3-4-9/h9-10,19H,2-8H2,1H3,(H,14,18)(H,16,17). The highest BCUT2D eigenvalue weighted by Crippen LogP contribution is 2.33. The predicted octanol–water partition coefficient (Wildman–Crippen LogP) is 0.796. The van der Waals surface area contributed by atoms with E-state index in [4.69, 9.17) is 5.11 Å². The lowest BCUT2D eigenvalue weighted by atomic mass is 9.98. The third kappa shape index (κ3) is 3.83. The summed E-state index contributed by atoms with van der Waals surface area (Å²) in [7, 11) is 0. The SMILES string of the molecule is CC1(O)CCCN(C(=O)NC(C(=O)O)C2CC2)CC1. The van der Waals surface area contributed by atoms with Gasteiger partial charge in [-0.15, -0.1) is 0 Å². The minimum atomic E-state index is -0.960. The van der Waals surface area contributed by atoms with E-state index >= 15 is 0 Å². The minimum Gasteiger partial charge on any atom is -0.480 e. The molecule has 6 nitrogen and oxygen atoms in total. The lowest BCUT2D eigenvalue weighted by Gasteiger charge is -2.24. The lowest BCUT2D eigenvalue weighted by Crippen LogP contribution is -2.49. The zero-order valence-corrected chi connectivity index (χ0v) is 11.3. The fraction of sp³-hybridized carbons (Fsp3) is 0.846. The van der Waals surface area contributed by atoms with Crippen molar-refractivity contribution < 1.29 is 19.8 Å². The summed E-state index contributed by atoms with van der Waals surface area (Å²) in [5.74, 6) is -0.880. The number of amides is 2. The number of likely N-dealkylation sites (tertiary alicyclic amines) is 1. The maximum Gasteiger partial charge on any atom is 0.326 e. The van der Waals surface area contributed by atoms with Crippen molar-refractivity contribution in [1.82, 2.24) is 10.2 Å². The van der Waals surface area contributed by atoms with Gasteiger partial charge < -0.3 is 20.4 Å². The minimum absolute atomic E-state index is 0.0801. The molecule has 0 spiro atoms. The molecule has 2 amide bonds. The van der Waals surface area contributed by atoms with E-state index in [2.05, 4.69) is 5.32 Å². The summed E-state index contributed by atoms with van der Waals surface area (Å²) in [5, 5.41) is 21.7. The van der Waals surface area contributed by atoms with Crippen LogP contribution in [0.25, 0.3) is 0 Å². The summed E-state index contributed by atoms with van der Waals surface area (Å²) >= 11 is 0. The number of carbonyl (C=O) groups excluding carboxylic acids is 1. The van der Waals surface area contributed by atoms with Gasteiger partial charge in [-0.3, -0.25) is 0 Å². The Kier molecular flexibility index (Phi) is 3.99. The highest BCUT2D eigenvalue weighted by Gasteiger charge is 2.38. The average molecular weight is 270 g/mol. The van der Waals surface area contributed by atoms with E-state index in [1.165, 1.54) is 0 Å². The largest absolute Gasteiger partial charge is 0.480 e. The first-order valence-corrected chi connectivity index (χ1v) is 6.90. The summed E-state index contributed by atoms with van der Waals surface area (Å²) in [6.45, 7) is 2.81. The second kappa shape index (κ2) is 5.36. The molecule has 3 N–H and O–H groups in total. The Morgan fingerprint density at radius 2 is 2.00 bits per heavy atom. The van der Waals surface area contributed by atoms with E-state index < -0.39 is 17.6 Å². The number of carbonyl (C=O) groups is 2. The van der Waals surface area contributed by atoms with Gasteiger partial charge in [0.1, 0.15) is 6.04 Å². The normalized spacial score (nSPS) is 29.5. The molecule has 0 radical (unpaired) electrons. The maximum atomic E-state index is 12.1. The fourth-order valence-electron chi connectivity index (χ4n) is 2.50. The highest BCUT2D eigenvalue weighted by molar-refractivity contribution is 5.83. The Labute approximate surface area is 112 Å². The molecule has 1 saturated carbocycles. The molecule has 2 rings (SSSR count). The molecule has 19 heavy (non-hydrogen) atoms. The van der Waals surface area contributed by atoms with Crippen LogP contribution in [0.5, 0.6) is 0 Å². The highest BCUT2D eigenvalue weighted by atomic mass is 16.4. The molecule has 0 aromatic heterocycles. The van der Waals surface area contributed by atoms with Crippen LogP contribution in [0.3, 0.4) is 0 Å². The molecule has 108 valence electrons. The van der Waals surface area contributed by atoms with E-state index in [0.29, 0.717) is 25.9 Å². The molecule has 0 aromatic carbocycles. The quantitative estimate of drug-likeness (QED) is 0.707. The smallest absolute Gasteiger partial charge is 0.326 e. The van der Waals surface area contributed by atoms with Gasteiger partial charge in [0, 0.05) is 13.1 Å². The second-order valence-electron chi connectivity index (χ2n) is 5.94. The van der Waals surface area contributed by atoms with Gasteiger partial charge in [0.2, 0.25) is 0 Å². The van der Waals surface area contributed by atoms with E-state index in [9.17, 15) is 14.7 Å².